The zero-order valence-corrected chi connectivity index (χ0v) is 18.9. The van der Waals surface area contributed by atoms with Gasteiger partial charge in [-0.05, 0) is 50.2 Å². The predicted octanol–water partition coefficient (Wildman–Crippen LogP) is 4.13. The Hall–Kier alpha value is -4.06. The highest BCUT2D eigenvalue weighted by molar-refractivity contribution is 5.94. The van der Waals surface area contributed by atoms with E-state index in [-0.39, 0.29) is 24.6 Å². The number of alkyl halides is 3. The van der Waals surface area contributed by atoms with Gasteiger partial charge >= 0.3 is 6.18 Å². The zero-order chi connectivity index (χ0) is 25.0. The first-order valence-corrected chi connectivity index (χ1v) is 10.3. The summed E-state index contributed by atoms with van der Waals surface area (Å²) in [7, 11) is 1.50. The summed E-state index contributed by atoms with van der Waals surface area (Å²) in [6.45, 7) is 3.19. The van der Waals surface area contributed by atoms with Gasteiger partial charge < -0.3 is 10.2 Å². The number of likely N-dealkylation sites (N-methyl/N-ethyl adjacent to an activating group) is 1. The number of terminal acetylenes is 1. The monoisotopic (exact) mass is 468 g/mol. The lowest BCUT2D eigenvalue weighted by atomic mass is 10.1. The number of benzene rings is 2. The number of aryl methyl sites for hydroxylation is 1. The van der Waals surface area contributed by atoms with E-state index in [0.29, 0.717) is 28.2 Å². The zero-order valence-electron chi connectivity index (χ0n) is 18.9. The minimum atomic E-state index is -4.48. The van der Waals surface area contributed by atoms with Crippen molar-refractivity contribution in [1.82, 2.24) is 14.7 Å². The quantitative estimate of drug-likeness (QED) is 0.554. The molecular weight excluding hydrogens is 445 g/mol. The number of carbonyl (C=O) groups is 2. The van der Waals surface area contributed by atoms with Gasteiger partial charge in [-0.25, -0.2) is 4.68 Å². The van der Waals surface area contributed by atoms with Gasteiger partial charge in [0, 0.05) is 29.6 Å². The summed E-state index contributed by atoms with van der Waals surface area (Å²) < 4.78 is 40.7. The number of nitrogens with one attached hydrogen (secondary N) is 1. The number of aromatic nitrogens is 2. The number of carbonyl (C=O) groups excluding carboxylic acids is 2. The van der Waals surface area contributed by atoms with Crippen molar-refractivity contribution >= 4 is 17.5 Å². The second-order valence-corrected chi connectivity index (χ2v) is 7.81. The maximum absolute atomic E-state index is 13.1. The fourth-order valence-electron chi connectivity index (χ4n) is 3.47. The molecule has 0 aliphatic heterocycles. The molecule has 3 aromatic rings. The molecule has 2 aromatic carbocycles. The molecule has 1 N–H and O–H groups in total. The highest BCUT2D eigenvalue weighted by Gasteiger charge is 2.31. The minimum Gasteiger partial charge on any atom is -0.336 e. The lowest BCUT2D eigenvalue weighted by Gasteiger charge is -2.17. The van der Waals surface area contributed by atoms with Crippen molar-refractivity contribution in [3.8, 4) is 18.0 Å². The van der Waals surface area contributed by atoms with Crippen molar-refractivity contribution < 1.29 is 22.8 Å². The molecule has 9 heteroatoms. The molecule has 0 bridgehead atoms. The topological polar surface area (TPSA) is 67.2 Å². The average Bonchev–Trinajstić information content (AvgIpc) is 3.06. The summed E-state index contributed by atoms with van der Waals surface area (Å²) in [5.41, 5.74) is 2.27. The SMILES string of the molecule is C#Cc1cccc(NC(=O)CN(C)C(=O)Cc2c(C)nn(-c3cccc(C(F)(F)F)c3)c2C)c1. The van der Waals surface area contributed by atoms with Crippen LogP contribution >= 0.6 is 0 Å². The molecule has 2 amide bonds. The Balaban J connectivity index is 1.71. The Morgan fingerprint density at radius 1 is 1.15 bits per heavy atom. The Morgan fingerprint density at radius 2 is 1.85 bits per heavy atom. The molecular formula is C25H23F3N4O2. The van der Waals surface area contributed by atoms with Crippen LogP contribution in [0.3, 0.4) is 0 Å². The van der Waals surface area contributed by atoms with E-state index >= 15 is 0 Å². The predicted molar refractivity (Wildman–Crippen MR) is 122 cm³/mol. The van der Waals surface area contributed by atoms with Crippen LogP contribution in [0.2, 0.25) is 0 Å². The van der Waals surface area contributed by atoms with Gasteiger partial charge in [-0.15, -0.1) is 6.42 Å². The minimum absolute atomic E-state index is 0.0486. The van der Waals surface area contributed by atoms with Gasteiger partial charge in [-0.3, -0.25) is 9.59 Å². The van der Waals surface area contributed by atoms with Crippen LogP contribution in [0.4, 0.5) is 18.9 Å². The average molecular weight is 468 g/mol. The van der Waals surface area contributed by atoms with Crippen LogP contribution in [0, 0.1) is 26.2 Å². The summed E-state index contributed by atoms with van der Waals surface area (Å²) >= 11 is 0. The van der Waals surface area contributed by atoms with Gasteiger partial charge in [0.05, 0.1) is 29.9 Å². The van der Waals surface area contributed by atoms with Gasteiger partial charge in [0.1, 0.15) is 0 Å². The Morgan fingerprint density at radius 3 is 2.53 bits per heavy atom. The third-order valence-electron chi connectivity index (χ3n) is 5.31. The van der Waals surface area contributed by atoms with E-state index in [0.717, 1.165) is 12.1 Å². The first kappa shape index (κ1) is 24.6. The molecule has 0 atom stereocenters. The fourth-order valence-corrected chi connectivity index (χ4v) is 3.47. The van der Waals surface area contributed by atoms with Crippen LogP contribution in [0.1, 0.15) is 28.1 Å². The highest BCUT2D eigenvalue weighted by atomic mass is 19.4. The third kappa shape index (κ3) is 5.64. The molecule has 0 spiro atoms. The number of anilines is 1. The van der Waals surface area contributed by atoms with E-state index in [1.54, 1.807) is 38.1 Å². The lowest BCUT2D eigenvalue weighted by molar-refractivity contribution is -0.137. The molecule has 0 fully saturated rings. The second kappa shape index (κ2) is 9.83. The third-order valence-corrected chi connectivity index (χ3v) is 5.31. The number of amides is 2. The molecule has 3 rings (SSSR count). The summed E-state index contributed by atoms with van der Waals surface area (Å²) in [5.74, 6) is 1.76. The molecule has 1 heterocycles. The number of halogens is 3. The maximum atomic E-state index is 13.1. The van der Waals surface area contributed by atoms with Gasteiger partial charge in [0.15, 0.2) is 0 Å². The molecule has 176 valence electrons. The Labute approximate surface area is 195 Å². The first-order valence-electron chi connectivity index (χ1n) is 10.3. The highest BCUT2D eigenvalue weighted by Crippen LogP contribution is 2.31. The normalized spacial score (nSPS) is 11.1. The standard InChI is InChI=1S/C25H23F3N4O2/c1-5-18-8-6-10-20(12-18)29-23(33)15-31(4)24(34)14-22-16(2)30-32(17(22)3)21-11-7-9-19(13-21)25(26,27)28/h1,6-13H,14-15H2,2-4H3,(H,29,33). The van der Waals surface area contributed by atoms with Crippen molar-refractivity contribution in [2.45, 2.75) is 26.4 Å². The van der Waals surface area contributed by atoms with E-state index in [1.165, 1.54) is 28.8 Å². The summed E-state index contributed by atoms with van der Waals surface area (Å²) in [6, 6.07) is 11.6. The molecule has 0 aliphatic carbocycles. The van der Waals surface area contributed by atoms with Crippen LogP contribution in [-0.4, -0.2) is 40.1 Å². The molecule has 0 saturated heterocycles. The van der Waals surface area contributed by atoms with Crippen LogP contribution in [0.5, 0.6) is 0 Å². The molecule has 1 aromatic heterocycles. The molecule has 0 unspecified atom stereocenters. The van der Waals surface area contributed by atoms with Crippen LogP contribution < -0.4 is 5.32 Å². The lowest BCUT2D eigenvalue weighted by Crippen LogP contribution is -2.36. The van der Waals surface area contributed by atoms with Crippen molar-refractivity contribution in [3.63, 3.8) is 0 Å². The Kier molecular flexibility index (Phi) is 7.11. The van der Waals surface area contributed by atoms with Crippen molar-refractivity contribution in [1.29, 1.82) is 0 Å². The summed E-state index contributed by atoms with van der Waals surface area (Å²) in [4.78, 5) is 26.4. The van der Waals surface area contributed by atoms with Gasteiger partial charge in [-0.1, -0.05) is 18.1 Å². The smallest absolute Gasteiger partial charge is 0.336 e. The van der Waals surface area contributed by atoms with Crippen molar-refractivity contribution in [2.24, 2.45) is 0 Å². The number of nitrogens with zero attached hydrogens (tertiary/aromatic N) is 3. The number of hydrogen-bond acceptors (Lipinski definition) is 3. The fraction of sp³-hybridized carbons (Fsp3) is 0.240. The van der Waals surface area contributed by atoms with Crippen molar-refractivity contribution in [3.05, 3.63) is 76.6 Å². The van der Waals surface area contributed by atoms with E-state index in [4.69, 9.17) is 6.42 Å². The van der Waals surface area contributed by atoms with Gasteiger partial charge in [0.2, 0.25) is 11.8 Å². The van der Waals surface area contributed by atoms with E-state index in [9.17, 15) is 22.8 Å². The van der Waals surface area contributed by atoms with E-state index in [2.05, 4.69) is 16.3 Å². The second-order valence-electron chi connectivity index (χ2n) is 7.81. The Bertz CT molecular complexity index is 1270. The van der Waals surface area contributed by atoms with Gasteiger partial charge in [-0.2, -0.15) is 18.3 Å². The molecule has 0 aliphatic rings. The summed E-state index contributed by atoms with van der Waals surface area (Å²) in [5, 5.41) is 7.03. The van der Waals surface area contributed by atoms with Crippen LogP contribution in [-0.2, 0) is 22.2 Å². The summed E-state index contributed by atoms with van der Waals surface area (Å²) in [6.07, 6.45) is 0.836. The van der Waals surface area contributed by atoms with Gasteiger partial charge in [0.25, 0.3) is 0 Å². The van der Waals surface area contributed by atoms with Crippen LogP contribution in [0.15, 0.2) is 48.5 Å². The molecule has 0 saturated carbocycles. The van der Waals surface area contributed by atoms with Crippen molar-refractivity contribution in [2.75, 3.05) is 18.9 Å². The number of rotatable bonds is 6. The first-order chi connectivity index (χ1) is 16.0. The largest absolute Gasteiger partial charge is 0.416 e. The van der Waals surface area contributed by atoms with E-state index < -0.39 is 17.6 Å². The van der Waals surface area contributed by atoms with E-state index in [1.807, 2.05) is 0 Å². The van der Waals surface area contributed by atoms with Crippen LogP contribution in [0.25, 0.3) is 5.69 Å². The maximum Gasteiger partial charge on any atom is 0.416 e. The molecule has 6 nitrogen and oxygen atoms in total. The number of hydrogen-bond donors (Lipinski definition) is 1. The molecule has 0 radical (unpaired) electrons. The molecule has 34 heavy (non-hydrogen) atoms.